The predicted octanol–water partition coefficient (Wildman–Crippen LogP) is 4.16. The Labute approximate surface area is 197 Å². The summed E-state index contributed by atoms with van der Waals surface area (Å²) < 4.78 is 0. The van der Waals surface area contributed by atoms with Gasteiger partial charge in [0.05, 0.1) is 17.2 Å². The molecule has 33 heavy (non-hydrogen) atoms. The minimum absolute atomic E-state index is 0.0677. The van der Waals surface area contributed by atoms with E-state index in [1.165, 1.54) is 29.0 Å². The van der Waals surface area contributed by atoms with Crippen LogP contribution in [-0.2, 0) is 15.0 Å². The van der Waals surface area contributed by atoms with Crippen LogP contribution >= 0.6 is 0 Å². The number of fused-ring (bicyclic) bond motifs is 7. The van der Waals surface area contributed by atoms with E-state index in [1.807, 2.05) is 39.5 Å². The van der Waals surface area contributed by atoms with Gasteiger partial charge in [-0.1, -0.05) is 0 Å². The van der Waals surface area contributed by atoms with E-state index in [0.29, 0.717) is 12.3 Å². The molecule has 0 aromatic heterocycles. The molecule has 3 aliphatic heterocycles. The van der Waals surface area contributed by atoms with Crippen molar-refractivity contribution in [3.63, 3.8) is 0 Å². The third kappa shape index (κ3) is 4.25. The number of amides is 2. The highest BCUT2D eigenvalue weighted by Crippen LogP contribution is 2.50. The number of hydrazone groups is 1. The molecule has 0 spiro atoms. The van der Waals surface area contributed by atoms with Crippen molar-refractivity contribution in [2.24, 2.45) is 5.10 Å². The molecular weight excluding hydrogens is 414 g/mol. The van der Waals surface area contributed by atoms with Gasteiger partial charge in [0.2, 0.25) is 12.3 Å². The van der Waals surface area contributed by atoms with E-state index in [1.54, 1.807) is 0 Å². The van der Waals surface area contributed by atoms with Crippen LogP contribution in [0, 0.1) is 0 Å². The normalized spacial score (nSPS) is 24.3. The summed E-state index contributed by atoms with van der Waals surface area (Å²) in [6, 6.07) is 4.78. The first-order chi connectivity index (χ1) is 15.6. The molecule has 1 aliphatic carbocycles. The fraction of sp³-hybridized carbons (Fsp3) is 0.577. The molecule has 5 rings (SSSR count). The monoisotopic (exact) mass is 451 g/mol. The first kappa shape index (κ1) is 23.3. The number of hydrogen-bond donors (Lipinski definition) is 3. The Morgan fingerprint density at radius 3 is 2.70 bits per heavy atom. The SMILES string of the molecule is CC(C)(C)NC=O.CCN1C(=O)C(C)(C)c2cc3c(cc21)C1CCCC2=CNN=C(C2)C1N3. The van der Waals surface area contributed by atoms with Crippen molar-refractivity contribution < 1.29 is 9.59 Å². The van der Waals surface area contributed by atoms with Crippen molar-refractivity contribution in [3.05, 3.63) is 35.0 Å². The average molecular weight is 452 g/mol. The Bertz CT molecular complexity index is 1020. The highest BCUT2D eigenvalue weighted by Gasteiger charge is 2.46. The van der Waals surface area contributed by atoms with Crippen LogP contribution in [0.5, 0.6) is 0 Å². The number of allylic oxidation sites excluding steroid dienone is 1. The Balaban J connectivity index is 0.000000325. The van der Waals surface area contributed by atoms with E-state index in [-0.39, 0.29) is 17.5 Å². The zero-order valence-electron chi connectivity index (χ0n) is 20.7. The van der Waals surface area contributed by atoms with E-state index < -0.39 is 5.41 Å². The molecule has 2 atom stereocenters. The van der Waals surface area contributed by atoms with Crippen molar-refractivity contribution in [2.45, 2.75) is 90.1 Å². The van der Waals surface area contributed by atoms with Crippen LogP contribution in [0.3, 0.4) is 0 Å². The standard InChI is InChI=1S/C21H26N4O.C5H11NO/c1-4-25-18-9-14-13-7-5-6-12-8-17(24-22-11-12)19(13)23-16(14)10-15(18)21(2,3)20(25)26;1-5(2,3)6-4-7/h9-11,13,19,22-23H,4-8H2,1-3H3;4H,1-3H3,(H,6,7). The summed E-state index contributed by atoms with van der Waals surface area (Å²) in [5, 5.41) is 10.9. The van der Waals surface area contributed by atoms with Crippen molar-refractivity contribution >= 4 is 29.4 Å². The molecular formula is C26H37N5O2. The number of likely N-dealkylation sites (N-methyl/N-ethyl adjacent to an activating group) is 1. The summed E-state index contributed by atoms with van der Waals surface area (Å²) in [5.41, 5.74) is 10.1. The second kappa shape index (κ2) is 8.50. The van der Waals surface area contributed by atoms with E-state index in [2.05, 4.69) is 46.4 Å². The maximum atomic E-state index is 12.8. The molecule has 1 saturated carbocycles. The van der Waals surface area contributed by atoms with Crippen molar-refractivity contribution in [2.75, 3.05) is 16.8 Å². The summed E-state index contributed by atoms with van der Waals surface area (Å²) >= 11 is 0. The first-order valence-electron chi connectivity index (χ1n) is 12.0. The zero-order valence-corrected chi connectivity index (χ0v) is 20.7. The topological polar surface area (TPSA) is 85.8 Å². The van der Waals surface area contributed by atoms with Crippen LogP contribution < -0.4 is 21.0 Å². The number of nitrogens with zero attached hydrogens (tertiary/aromatic N) is 2. The fourth-order valence-electron chi connectivity index (χ4n) is 5.32. The number of nitrogens with one attached hydrogen (secondary N) is 3. The van der Waals surface area contributed by atoms with E-state index in [4.69, 9.17) is 0 Å². The van der Waals surface area contributed by atoms with Crippen LogP contribution in [0.25, 0.3) is 0 Å². The number of rotatable bonds is 2. The lowest BCUT2D eigenvalue weighted by Gasteiger charge is -2.28. The molecule has 1 aromatic rings. The first-order valence-corrected chi connectivity index (χ1v) is 12.0. The summed E-state index contributed by atoms with van der Waals surface area (Å²) in [6.45, 7) is 12.7. The number of benzene rings is 1. The Morgan fingerprint density at radius 2 is 2.06 bits per heavy atom. The maximum absolute atomic E-state index is 12.8. The van der Waals surface area contributed by atoms with Crippen molar-refractivity contribution in [1.29, 1.82) is 0 Å². The van der Waals surface area contributed by atoms with E-state index in [9.17, 15) is 9.59 Å². The van der Waals surface area contributed by atoms with Gasteiger partial charge in [-0.05, 0) is 89.6 Å². The highest BCUT2D eigenvalue weighted by molar-refractivity contribution is 6.08. The number of hydrogen-bond acceptors (Lipinski definition) is 5. The van der Waals surface area contributed by atoms with Crippen LogP contribution in [0.1, 0.15) is 84.3 Å². The molecule has 7 heteroatoms. The molecule has 2 unspecified atom stereocenters. The van der Waals surface area contributed by atoms with Crippen LogP contribution in [0.4, 0.5) is 11.4 Å². The summed E-state index contributed by atoms with van der Waals surface area (Å²) in [6.07, 6.45) is 7.24. The number of anilines is 2. The quantitative estimate of drug-likeness (QED) is 0.590. The van der Waals surface area contributed by atoms with Gasteiger partial charge in [-0.25, -0.2) is 0 Å². The van der Waals surface area contributed by atoms with Gasteiger partial charge in [-0.2, -0.15) is 5.10 Å². The minimum Gasteiger partial charge on any atom is -0.376 e. The minimum atomic E-state index is -0.455. The summed E-state index contributed by atoms with van der Waals surface area (Å²) in [4.78, 5) is 24.5. The Hall–Kier alpha value is -2.83. The molecule has 0 saturated heterocycles. The third-order valence-electron chi connectivity index (χ3n) is 7.09. The lowest BCUT2D eigenvalue weighted by molar-refractivity contribution is -0.122. The van der Waals surface area contributed by atoms with E-state index in [0.717, 1.165) is 37.1 Å². The maximum Gasteiger partial charge on any atom is 0.237 e. The smallest absolute Gasteiger partial charge is 0.237 e. The van der Waals surface area contributed by atoms with Gasteiger partial charge < -0.3 is 15.5 Å². The highest BCUT2D eigenvalue weighted by atomic mass is 16.2. The van der Waals surface area contributed by atoms with E-state index >= 15 is 0 Å². The molecule has 2 amide bonds. The van der Waals surface area contributed by atoms with Gasteiger partial charge in [0.1, 0.15) is 0 Å². The van der Waals surface area contributed by atoms with Gasteiger partial charge in [-0.15, -0.1) is 0 Å². The largest absolute Gasteiger partial charge is 0.376 e. The zero-order chi connectivity index (χ0) is 24.0. The van der Waals surface area contributed by atoms with Gasteiger partial charge in [-0.3, -0.25) is 15.0 Å². The van der Waals surface area contributed by atoms with Gasteiger partial charge in [0, 0.05) is 42.0 Å². The molecule has 3 heterocycles. The molecule has 4 aliphatic rings. The molecule has 0 radical (unpaired) electrons. The molecule has 2 bridgehead atoms. The fourth-order valence-corrected chi connectivity index (χ4v) is 5.32. The van der Waals surface area contributed by atoms with Crippen LogP contribution in [0.15, 0.2) is 29.0 Å². The molecule has 3 N–H and O–H groups in total. The lowest BCUT2D eigenvalue weighted by atomic mass is 9.80. The second-order valence-electron chi connectivity index (χ2n) is 11.0. The van der Waals surface area contributed by atoms with Gasteiger partial charge in [0.15, 0.2) is 0 Å². The van der Waals surface area contributed by atoms with Crippen molar-refractivity contribution in [3.8, 4) is 0 Å². The Morgan fingerprint density at radius 1 is 1.30 bits per heavy atom. The Kier molecular flexibility index (Phi) is 6.01. The van der Waals surface area contributed by atoms with Crippen LogP contribution in [-0.4, -0.2) is 36.2 Å². The molecule has 1 aromatic carbocycles. The number of carbonyl (C=O) groups is 2. The third-order valence-corrected chi connectivity index (χ3v) is 7.09. The van der Waals surface area contributed by atoms with Gasteiger partial charge in [0.25, 0.3) is 0 Å². The van der Waals surface area contributed by atoms with Crippen molar-refractivity contribution in [1.82, 2.24) is 10.7 Å². The number of carbonyl (C=O) groups excluding carboxylic acids is 2. The lowest BCUT2D eigenvalue weighted by Crippen LogP contribution is -2.36. The molecule has 178 valence electrons. The second-order valence-corrected chi connectivity index (χ2v) is 11.0. The molecule has 1 fully saturated rings. The summed E-state index contributed by atoms with van der Waals surface area (Å²) in [7, 11) is 0. The van der Waals surface area contributed by atoms with Crippen LogP contribution in [0.2, 0.25) is 0 Å². The predicted molar refractivity (Wildman–Crippen MR) is 134 cm³/mol. The van der Waals surface area contributed by atoms with Gasteiger partial charge >= 0.3 is 0 Å². The summed E-state index contributed by atoms with van der Waals surface area (Å²) in [5.74, 6) is 0.650. The molecule has 7 nitrogen and oxygen atoms in total. The average Bonchev–Trinajstić information content (AvgIpc) is 3.18.